The highest BCUT2D eigenvalue weighted by molar-refractivity contribution is 6.10. The third-order valence-corrected chi connectivity index (χ3v) is 3.64. The van der Waals surface area contributed by atoms with E-state index in [4.69, 9.17) is 0 Å². The summed E-state index contributed by atoms with van der Waals surface area (Å²) in [6.45, 7) is 11.1. The second-order valence-electron chi connectivity index (χ2n) is 8.00. The number of para-hydroxylation sites is 2. The number of carbonyl (C=O) groups excluding carboxylic acids is 2. The summed E-state index contributed by atoms with van der Waals surface area (Å²) in [5.41, 5.74) is 0.369. The molecule has 0 fully saturated rings. The Balaban J connectivity index is 2.79. The van der Waals surface area contributed by atoms with Gasteiger partial charge in [-0.15, -0.1) is 0 Å². The van der Waals surface area contributed by atoms with Gasteiger partial charge >= 0.3 is 0 Å². The first-order valence-corrected chi connectivity index (χ1v) is 8.03. The second kappa shape index (κ2) is 6.27. The number of ketones is 2. The Bertz CT molecular complexity index is 837. The highest BCUT2D eigenvalue weighted by atomic mass is 16.1. The SMILES string of the molecule is CC(C)(C)C(=O)/C=c1\nc2ccccc2n\c1=C/C(=O)C(C)(C)C. The summed E-state index contributed by atoms with van der Waals surface area (Å²) in [6, 6.07) is 7.43. The largest absolute Gasteiger partial charge is 0.294 e. The average molecular weight is 324 g/mol. The van der Waals surface area contributed by atoms with Gasteiger partial charge in [0.1, 0.15) is 0 Å². The molecule has 126 valence electrons. The molecule has 4 heteroatoms. The van der Waals surface area contributed by atoms with Crippen LogP contribution in [0.25, 0.3) is 23.2 Å². The Morgan fingerprint density at radius 1 is 0.750 bits per heavy atom. The molecule has 0 aliphatic rings. The molecular weight excluding hydrogens is 300 g/mol. The van der Waals surface area contributed by atoms with Crippen molar-refractivity contribution in [2.45, 2.75) is 41.5 Å². The van der Waals surface area contributed by atoms with Gasteiger partial charge in [0.15, 0.2) is 11.6 Å². The molecule has 0 spiro atoms. The number of aromatic nitrogens is 2. The van der Waals surface area contributed by atoms with Crippen LogP contribution in [0.3, 0.4) is 0 Å². The maximum absolute atomic E-state index is 12.4. The maximum Gasteiger partial charge on any atom is 0.163 e. The van der Waals surface area contributed by atoms with E-state index in [0.29, 0.717) is 21.7 Å². The molecule has 0 bridgehead atoms. The van der Waals surface area contributed by atoms with E-state index in [0.717, 1.165) is 0 Å². The summed E-state index contributed by atoms with van der Waals surface area (Å²) >= 11 is 0. The molecule has 0 saturated carbocycles. The van der Waals surface area contributed by atoms with Crippen molar-refractivity contribution in [1.82, 2.24) is 9.97 Å². The molecule has 2 aromatic rings. The molecule has 4 nitrogen and oxygen atoms in total. The van der Waals surface area contributed by atoms with Crippen LogP contribution < -0.4 is 10.7 Å². The molecule has 0 aliphatic carbocycles. The second-order valence-corrected chi connectivity index (χ2v) is 8.00. The van der Waals surface area contributed by atoms with Gasteiger partial charge in [-0.3, -0.25) is 9.59 Å². The molecule has 24 heavy (non-hydrogen) atoms. The van der Waals surface area contributed by atoms with Crippen LogP contribution in [0.1, 0.15) is 41.5 Å². The fourth-order valence-electron chi connectivity index (χ4n) is 1.92. The Labute approximate surface area is 142 Å². The lowest BCUT2D eigenvalue weighted by Crippen LogP contribution is -2.36. The molecule has 2 rings (SSSR count). The first kappa shape index (κ1) is 18.0. The quantitative estimate of drug-likeness (QED) is 0.851. The number of hydrogen-bond donors (Lipinski definition) is 0. The standard InChI is InChI=1S/C20H24N2O2/c1-19(2,3)17(23)11-15-16(12-18(24)20(4,5)6)22-14-10-8-7-9-13(14)21-15/h7-12H,1-6H3/b15-11-,16-12-. The number of benzene rings is 1. The van der Waals surface area contributed by atoms with E-state index in [2.05, 4.69) is 9.97 Å². The van der Waals surface area contributed by atoms with Crippen LogP contribution in [0.15, 0.2) is 24.3 Å². The van der Waals surface area contributed by atoms with E-state index >= 15 is 0 Å². The summed E-state index contributed by atoms with van der Waals surface area (Å²) in [5, 5.41) is 0.873. The maximum atomic E-state index is 12.4. The molecule has 0 atom stereocenters. The molecule has 0 aliphatic heterocycles. The molecule has 0 saturated heterocycles. The number of rotatable bonds is 2. The summed E-state index contributed by atoms with van der Waals surface area (Å²) in [5.74, 6) is -0.102. The number of fused-ring (bicyclic) bond motifs is 1. The van der Waals surface area contributed by atoms with E-state index in [-0.39, 0.29) is 11.6 Å². The van der Waals surface area contributed by atoms with Gasteiger partial charge in [0.05, 0.1) is 21.7 Å². The average Bonchev–Trinajstić information content (AvgIpc) is 2.45. The lowest BCUT2D eigenvalue weighted by molar-refractivity contribution is -0.120. The molecule has 1 heterocycles. The minimum atomic E-state index is -0.515. The zero-order valence-electron chi connectivity index (χ0n) is 15.2. The smallest absolute Gasteiger partial charge is 0.163 e. The van der Waals surface area contributed by atoms with Crippen molar-refractivity contribution in [3.05, 3.63) is 35.0 Å². The normalized spacial score (nSPS) is 14.2. The molecule has 0 radical (unpaired) electrons. The van der Waals surface area contributed by atoms with Crippen LogP contribution >= 0.6 is 0 Å². The lowest BCUT2D eigenvalue weighted by Gasteiger charge is -2.13. The van der Waals surface area contributed by atoms with Gasteiger partial charge in [0.25, 0.3) is 0 Å². The first-order chi connectivity index (χ1) is 11.0. The number of hydrogen-bond acceptors (Lipinski definition) is 4. The molecule has 1 aromatic heterocycles. The van der Waals surface area contributed by atoms with Crippen molar-refractivity contribution in [1.29, 1.82) is 0 Å². The van der Waals surface area contributed by atoms with Crippen LogP contribution in [-0.4, -0.2) is 21.5 Å². The minimum Gasteiger partial charge on any atom is -0.294 e. The highest BCUT2D eigenvalue weighted by Crippen LogP contribution is 2.15. The van der Waals surface area contributed by atoms with Gasteiger partial charge in [-0.2, -0.15) is 0 Å². The Morgan fingerprint density at radius 3 is 1.38 bits per heavy atom. The van der Waals surface area contributed by atoms with Crippen molar-refractivity contribution < 1.29 is 9.59 Å². The highest BCUT2D eigenvalue weighted by Gasteiger charge is 2.20. The number of nitrogens with zero attached hydrogens (tertiary/aromatic N) is 2. The first-order valence-electron chi connectivity index (χ1n) is 8.03. The molecule has 0 unspecified atom stereocenters. The van der Waals surface area contributed by atoms with Gasteiger partial charge in [0.2, 0.25) is 0 Å². The van der Waals surface area contributed by atoms with E-state index in [9.17, 15) is 9.59 Å². The van der Waals surface area contributed by atoms with Crippen LogP contribution in [0.5, 0.6) is 0 Å². The number of carbonyl (C=O) groups is 2. The van der Waals surface area contributed by atoms with E-state index in [1.54, 1.807) is 0 Å². The van der Waals surface area contributed by atoms with E-state index in [1.165, 1.54) is 12.2 Å². The van der Waals surface area contributed by atoms with Crippen LogP contribution in [0.2, 0.25) is 0 Å². The Morgan fingerprint density at radius 2 is 1.08 bits per heavy atom. The predicted molar refractivity (Wildman–Crippen MR) is 96.6 cm³/mol. The van der Waals surface area contributed by atoms with Crippen molar-refractivity contribution in [3.8, 4) is 0 Å². The van der Waals surface area contributed by atoms with Gasteiger partial charge < -0.3 is 0 Å². The summed E-state index contributed by atoms with van der Waals surface area (Å²) in [7, 11) is 0. The van der Waals surface area contributed by atoms with Gasteiger partial charge in [-0.05, 0) is 12.1 Å². The van der Waals surface area contributed by atoms with Crippen LogP contribution in [0.4, 0.5) is 0 Å². The monoisotopic (exact) mass is 324 g/mol. The number of Topliss-reactive ketones (excluding diaryl/α,β-unsaturated/α-hetero) is 2. The summed E-state index contributed by atoms with van der Waals surface area (Å²) < 4.78 is 0. The van der Waals surface area contributed by atoms with E-state index in [1.807, 2.05) is 65.8 Å². The summed E-state index contributed by atoms with van der Waals surface area (Å²) in [6.07, 6.45) is 2.97. The minimum absolute atomic E-state index is 0.0510. The third-order valence-electron chi connectivity index (χ3n) is 3.64. The fraction of sp³-hybridized carbons (Fsp3) is 0.400. The molecule has 1 aromatic carbocycles. The zero-order valence-corrected chi connectivity index (χ0v) is 15.2. The van der Waals surface area contributed by atoms with Crippen molar-refractivity contribution in [3.63, 3.8) is 0 Å². The van der Waals surface area contributed by atoms with Crippen molar-refractivity contribution in [2.24, 2.45) is 10.8 Å². The zero-order chi connectivity index (χ0) is 18.1. The predicted octanol–water partition coefficient (Wildman–Crippen LogP) is 2.42. The van der Waals surface area contributed by atoms with Crippen molar-refractivity contribution in [2.75, 3.05) is 0 Å². The molecular formula is C20H24N2O2. The lowest BCUT2D eigenvalue weighted by atomic mass is 9.90. The van der Waals surface area contributed by atoms with Gasteiger partial charge in [0, 0.05) is 23.0 Å². The molecule has 0 amide bonds. The third kappa shape index (κ3) is 4.13. The fourth-order valence-corrected chi connectivity index (χ4v) is 1.92. The molecule has 0 N–H and O–H groups in total. The van der Waals surface area contributed by atoms with Crippen LogP contribution in [0, 0.1) is 10.8 Å². The Kier molecular flexibility index (Phi) is 4.70. The van der Waals surface area contributed by atoms with Crippen LogP contribution in [-0.2, 0) is 9.59 Å². The topological polar surface area (TPSA) is 59.9 Å². The van der Waals surface area contributed by atoms with Gasteiger partial charge in [-0.1, -0.05) is 53.7 Å². The Hall–Kier alpha value is -2.36. The van der Waals surface area contributed by atoms with Gasteiger partial charge in [-0.25, -0.2) is 9.97 Å². The van der Waals surface area contributed by atoms with E-state index < -0.39 is 10.8 Å². The van der Waals surface area contributed by atoms with Crippen molar-refractivity contribution >= 4 is 34.8 Å². The summed E-state index contributed by atoms with van der Waals surface area (Å²) in [4.78, 5) is 33.8.